The number of ketones is 1. The molecule has 0 N–H and O–H groups in total. The predicted molar refractivity (Wildman–Crippen MR) is 44.2 cm³/mol. The molecule has 11 heavy (non-hydrogen) atoms. The molecule has 2 aliphatic carbocycles. The van der Waals surface area contributed by atoms with Gasteiger partial charge in [-0.25, -0.2) is 0 Å². The van der Waals surface area contributed by atoms with E-state index in [2.05, 4.69) is 0 Å². The van der Waals surface area contributed by atoms with Gasteiger partial charge >= 0.3 is 0 Å². The third kappa shape index (κ3) is 1.33. The fourth-order valence-corrected chi connectivity index (χ4v) is 2.43. The lowest BCUT2D eigenvalue weighted by atomic mass is 9.85. The smallest absolute Gasteiger partial charge is 0.135 e. The number of rotatable bonds is 2. The largest absolute Gasteiger partial charge is 0.299 e. The van der Waals surface area contributed by atoms with Crippen molar-refractivity contribution in [1.29, 1.82) is 0 Å². The van der Waals surface area contributed by atoms with Crippen molar-refractivity contribution in [2.45, 2.75) is 39.0 Å². The third-order valence-corrected chi connectivity index (χ3v) is 3.35. The van der Waals surface area contributed by atoms with Crippen LogP contribution in [0.2, 0.25) is 0 Å². The van der Waals surface area contributed by atoms with Gasteiger partial charge in [-0.1, -0.05) is 6.92 Å². The molecule has 2 saturated carbocycles. The summed E-state index contributed by atoms with van der Waals surface area (Å²) in [7, 11) is 0. The van der Waals surface area contributed by atoms with Crippen LogP contribution in [0.1, 0.15) is 39.0 Å². The van der Waals surface area contributed by atoms with E-state index in [-0.39, 0.29) is 0 Å². The number of hydrogen-bond donors (Lipinski definition) is 0. The molecule has 2 aliphatic rings. The Kier molecular flexibility index (Phi) is 1.74. The highest BCUT2D eigenvalue weighted by molar-refractivity contribution is 5.80. The molecular formula is C10H16O. The second-order valence-electron chi connectivity index (χ2n) is 4.09. The highest BCUT2D eigenvalue weighted by Gasteiger charge is 2.43. The molecule has 0 spiro atoms. The number of carbonyl (C=O) groups is 1. The zero-order chi connectivity index (χ0) is 7.84. The summed E-state index contributed by atoms with van der Waals surface area (Å²) in [4.78, 5) is 11.3. The van der Waals surface area contributed by atoms with Gasteiger partial charge in [-0.15, -0.1) is 0 Å². The van der Waals surface area contributed by atoms with Crippen LogP contribution >= 0.6 is 0 Å². The fourth-order valence-electron chi connectivity index (χ4n) is 2.43. The van der Waals surface area contributed by atoms with Gasteiger partial charge in [0.25, 0.3) is 0 Å². The normalized spacial score (nSPS) is 41.4. The van der Waals surface area contributed by atoms with Gasteiger partial charge in [0.2, 0.25) is 0 Å². The number of hydrogen-bond acceptors (Lipinski definition) is 1. The summed E-state index contributed by atoms with van der Waals surface area (Å²) in [6.45, 7) is 1.99. The first kappa shape index (κ1) is 7.33. The van der Waals surface area contributed by atoms with Crippen molar-refractivity contribution in [2.24, 2.45) is 17.8 Å². The summed E-state index contributed by atoms with van der Waals surface area (Å²) < 4.78 is 0. The van der Waals surface area contributed by atoms with Crippen LogP contribution in [0.25, 0.3) is 0 Å². The topological polar surface area (TPSA) is 17.1 Å². The van der Waals surface area contributed by atoms with Crippen molar-refractivity contribution in [3.63, 3.8) is 0 Å². The zero-order valence-electron chi connectivity index (χ0n) is 7.18. The van der Waals surface area contributed by atoms with Crippen LogP contribution in [0, 0.1) is 17.8 Å². The Labute approximate surface area is 68.2 Å². The fraction of sp³-hybridized carbons (Fsp3) is 0.900. The van der Waals surface area contributed by atoms with Crippen molar-refractivity contribution < 1.29 is 4.79 Å². The van der Waals surface area contributed by atoms with E-state index in [1.807, 2.05) is 6.92 Å². The Morgan fingerprint density at radius 3 is 2.73 bits per heavy atom. The summed E-state index contributed by atoms with van der Waals surface area (Å²) in [5.74, 6) is 2.93. The Balaban J connectivity index is 1.89. The number of Topliss-reactive ketones (excluding diaryl/α,β-unsaturated/α-hetero) is 1. The van der Waals surface area contributed by atoms with Crippen LogP contribution in [0.4, 0.5) is 0 Å². The van der Waals surface area contributed by atoms with E-state index in [1.54, 1.807) is 0 Å². The van der Waals surface area contributed by atoms with Gasteiger partial charge in [-0.3, -0.25) is 4.79 Å². The quantitative estimate of drug-likeness (QED) is 0.593. The van der Waals surface area contributed by atoms with E-state index in [4.69, 9.17) is 0 Å². The van der Waals surface area contributed by atoms with Crippen molar-refractivity contribution in [3.8, 4) is 0 Å². The second-order valence-corrected chi connectivity index (χ2v) is 4.09. The SMILES string of the molecule is CCC(=O)C1CCC2CC2C1. The van der Waals surface area contributed by atoms with Crippen molar-refractivity contribution >= 4 is 5.78 Å². The number of carbonyl (C=O) groups excluding carboxylic acids is 1. The molecule has 0 saturated heterocycles. The van der Waals surface area contributed by atoms with Gasteiger partial charge in [0.15, 0.2) is 0 Å². The summed E-state index contributed by atoms with van der Waals surface area (Å²) in [6, 6.07) is 0. The molecular weight excluding hydrogens is 136 g/mol. The molecule has 0 heterocycles. The Morgan fingerprint density at radius 2 is 2.09 bits per heavy atom. The highest BCUT2D eigenvalue weighted by atomic mass is 16.1. The molecule has 3 atom stereocenters. The molecule has 2 rings (SSSR count). The minimum absolute atomic E-state index is 0.448. The lowest BCUT2D eigenvalue weighted by molar-refractivity contribution is -0.123. The third-order valence-electron chi connectivity index (χ3n) is 3.35. The van der Waals surface area contributed by atoms with E-state index in [0.717, 1.165) is 18.3 Å². The van der Waals surface area contributed by atoms with Crippen LogP contribution in [-0.4, -0.2) is 5.78 Å². The van der Waals surface area contributed by atoms with Gasteiger partial charge in [-0.05, 0) is 37.5 Å². The second kappa shape index (κ2) is 2.62. The van der Waals surface area contributed by atoms with Crippen LogP contribution in [-0.2, 0) is 4.79 Å². The van der Waals surface area contributed by atoms with E-state index in [9.17, 15) is 4.79 Å². The molecule has 62 valence electrons. The summed E-state index contributed by atoms with van der Waals surface area (Å²) >= 11 is 0. The average molecular weight is 152 g/mol. The lowest BCUT2D eigenvalue weighted by Gasteiger charge is -2.18. The molecule has 1 heteroatoms. The molecule has 0 bridgehead atoms. The van der Waals surface area contributed by atoms with Gasteiger partial charge in [0.1, 0.15) is 5.78 Å². The summed E-state index contributed by atoms with van der Waals surface area (Å²) in [5, 5.41) is 0. The van der Waals surface area contributed by atoms with Gasteiger partial charge in [0, 0.05) is 12.3 Å². The van der Waals surface area contributed by atoms with Crippen LogP contribution in [0.3, 0.4) is 0 Å². The first-order valence-corrected chi connectivity index (χ1v) is 4.84. The van der Waals surface area contributed by atoms with E-state index >= 15 is 0 Å². The summed E-state index contributed by atoms with van der Waals surface area (Å²) in [6.07, 6.45) is 5.92. The molecule has 0 aromatic carbocycles. The Bertz CT molecular complexity index is 174. The molecule has 3 unspecified atom stereocenters. The van der Waals surface area contributed by atoms with Crippen LogP contribution in [0.15, 0.2) is 0 Å². The van der Waals surface area contributed by atoms with Crippen LogP contribution < -0.4 is 0 Å². The maximum absolute atomic E-state index is 11.3. The zero-order valence-corrected chi connectivity index (χ0v) is 7.18. The predicted octanol–water partition coefficient (Wildman–Crippen LogP) is 2.40. The van der Waals surface area contributed by atoms with Crippen molar-refractivity contribution in [2.75, 3.05) is 0 Å². The minimum atomic E-state index is 0.448. The molecule has 0 aliphatic heterocycles. The lowest BCUT2D eigenvalue weighted by Crippen LogP contribution is -2.17. The standard InChI is InChI=1S/C10H16O/c1-2-10(11)8-4-3-7-5-9(7)6-8/h7-9H,2-6H2,1H3. The van der Waals surface area contributed by atoms with Gasteiger partial charge in [-0.2, -0.15) is 0 Å². The Hall–Kier alpha value is -0.330. The first-order chi connectivity index (χ1) is 5.31. The van der Waals surface area contributed by atoms with E-state index in [1.165, 1.54) is 25.7 Å². The summed E-state index contributed by atoms with van der Waals surface area (Å²) in [5.41, 5.74) is 0. The maximum atomic E-state index is 11.3. The van der Waals surface area contributed by atoms with Crippen molar-refractivity contribution in [3.05, 3.63) is 0 Å². The monoisotopic (exact) mass is 152 g/mol. The van der Waals surface area contributed by atoms with E-state index < -0.39 is 0 Å². The highest BCUT2D eigenvalue weighted by Crippen LogP contribution is 2.51. The molecule has 1 nitrogen and oxygen atoms in total. The molecule has 0 amide bonds. The van der Waals surface area contributed by atoms with Crippen LogP contribution in [0.5, 0.6) is 0 Å². The Morgan fingerprint density at radius 1 is 1.27 bits per heavy atom. The minimum Gasteiger partial charge on any atom is -0.299 e. The molecule has 2 fully saturated rings. The average Bonchev–Trinajstić information content (AvgIpc) is 2.80. The van der Waals surface area contributed by atoms with Crippen molar-refractivity contribution in [1.82, 2.24) is 0 Å². The van der Waals surface area contributed by atoms with Gasteiger partial charge < -0.3 is 0 Å². The molecule has 0 aromatic rings. The van der Waals surface area contributed by atoms with Gasteiger partial charge in [0.05, 0.1) is 0 Å². The maximum Gasteiger partial charge on any atom is 0.135 e. The van der Waals surface area contributed by atoms with E-state index in [0.29, 0.717) is 11.7 Å². The first-order valence-electron chi connectivity index (χ1n) is 4.84. The number of fused-ring (bicyclic) bond motifs is 1. The molecule has 0 aromatic heterocycles. The molecule has 0 radical (unpaired) electrons.